The van der Waals surface area contributed by atoms with E-state index in [9.17, 15) is 9.59 Å². The Bertz CT molecular complexity index is 483. The van der Waals surface area contributed by atoms with E-state index in [0.717, 1.165) is 18.6 Å². The topological polar surface area (TPSA) is 78.4 Å². The summed E-state index contributed by atoms with van der Waals surface area (Å²) in [6.07, 6.45) is 4.00. The van der Waals surface area contributed by atoms with Crippen molar-refractivity contribution >= 4 is 41.1 Å². The molecule has 0 atom stereocenters. The van der Waals surface area contributed by atoms with Crippen molar-refractivity contribution in [1.29, 1.82) is 0 Å². The average Bonchev–Trinajstić information content (AvgIpc) is 2.40. The van der Waals surface area contributed by atoms with Crippen LogP contribution in [0.4, 0.5) is 10.5 Å². The molecule has 0 aliphatic heterocycles. The Kier molecular flexibility index (Phi) is 7.25. The highest BCUT2D eigenvalue weighted by Crippen LogP contribution is 2.20. The van der Waals surface area contributed by atoms with Crippen molar-refractivity contribution in [3.63, 3.8) is 0 Å². The van der Waals surface area contributed by atoms with Crippen LogP contribution in [0.1, 0.15) is 23.2 Å². The number of unbranched alkanes of at least 4 members (excludes halogenated alkanes) is 1. The third-order valence-electron chi connectivity index (χ3n) is 2.52. The van der Waals surface area contributed by atoms with Crippen molar-refractivity contribution in [2.24, 2.45) is 0 Å². The van der Waals surface area contributed by atoms with Crippen LogP contribution < -0.4 is 10.6 Å². The molecule has 7 heteroatoms. The molecule has 0 saturated carbocycles. The number of carbonyl (C=O) groups excluding carboxylic acids is 1. The number of benzene rings is 1. The van der Waals surface area contributed by atoms with E-state index in [1.807, 2.05) is 6.26 Å². The molecule has 0 unspecified atom stereocenters. The van der Waals surface area contributed by atoms with Gasteiger partial charge in [0.2, 0.25) is 0 Å². The molecule has 0 bridgehead atoms. The van der Waals surface area contributed by atoms with E-state index in [0.29, 0.717) is 12.2 Å². The summed E-state index contributed by atoms with van der Waals surface area (Å²) in [5.74, 6) is -0.0567. The molecule has 0 aliphatic rings. The van der Waals surface area contributed by atoms with E-state index in [1.165, 1.54) is 12.1 Å². The van der Waals surface area contributed by atoms with Gasteiger partial charge in [0.25, 0.3) is 0 Å². The number of hydrogen-bond acceptors (Lipinski definition) is 3. The van der Waals surface area contributed by atoms with Crippen LogP contribution >= 0.6 is 23.4 Å². The Morgan fingerprint density at radius 2 is 2.10 bits per heavy atom. The minimum absolute atomic E-state index is 0.0376. The lowest BCUT2D eigenvalue weighted by Crippen LogP contribution is -2.29. The van der Waals surface area contributed by atoms with E-state index in [2.05, 4.69) is 10.6 Å². The summed E-state index contributed by atoms with van der Waals surface area (Å²) in [5.41, 5.74) is 0.359. The molecular formula is C13H17ClN2O3S. The summed E-state index contributed by atoms with van der Waals surface area (Å²) in [7, 11) is 0. The number of hydrogen-bond donors (Lipinski definition) is 3. The highest BCUT2D eigenvalue weighted by atomic mass is 35.5. The molecule has 110 valence electrons. The molecular weight excluding hydrogens is 300 g/mol. The second kappa shape index (κ2) is 8.71. The Balaban J connectivity index is 2.46. The highest BCUT2D eigenvalue weighted by molar-refractivity contribution is 7.98. The van der Waals surface area contributed by atoms with Crippen LogP contribution in [0.2, 0.25) is 5.02 Å². The Hall–Kier alpha value is -1.40. The van der Waals surface area contributed by atoms with Gasteiger partial charge < -0.3 is 15.7 Å². The lowest BCUT2D eigenvalue weighted by Gasteiger charge is -2.08. The lowest BCUT2D eigenvalue weighted by atomic mass is 10.2. The van der Waals surface area contributed by atoms with Crippen LogP contribution in [0.25, 0.3) is 0 Å². The first-order valence-electron chi connectivity index (χ1n) is 6.11. The molecule has 0 aliphatic carbocycles. The maximum absolute atomic E-state index is 11.6. The van der Waals surface area contributed by atoms with Crippen molar-refractivity contribution in [2.75, 3.05) is 23.9 Å². The number of anilines is 1. The van der Waals surface area contributed by atoms with E-state index in [4.69, 9.17) is 16.7 Å². The molecule has 1 aromatic rings. The van der Waals surface area contributed by atoms with Gasteiger partial charge in [0.05, 0.1) is 10.6 Å². The predicted octanol–water partition coefficient (Wildman–Crippen LogP) is 3.30. The first-order valence-corrected chi connectivity index (χ1v) is 7.88. The first-order chi connectivity index (χ1) is 9.54. The quantitative estimate of drug-likeness (QED) is 0.674. The Morgan fingerprint density at radius 1 is 1.35 bits per heavy atom. The summed E-state index contributed by atoms with van der Waals surface area (Å²) in [6, 6.07) is 3.98. The molecule has 0 aromatic heterocycles. The number of nitrogens with one attached hydrogen (secondary N) is 2. The fourth-order valence-corrected chi connectivity index (χ4v) is 2.21. The summed E-state index contributed by atoms with van der Waals surface area (Å²) in [5, 5.41) is 14.4. The van der Waals surface area contributed by atoms with E-state index >= 15 is 0 Å². The van der Waals surface area contributed by atoms with Crippen LogP contribution in [-0.4, -0.2) is 35.7 Å². The summed E-state index contributed by atoms with van der Waals surface area (Å²) >= 11 is 7.52. The lowest BCUT2D eigenvalue weighted by molar-refractivity contribution is 0.0697. The van der Waals surface area contributed by atoms with Gasteiger partial charge in [0, 0.05) is 12.2 Å². The molecule has 1 rings (SSSR count). The van der Waals surface area contributed by atoms with Gasteiger partial charge in [-0.05, 0) is 43.0 Å². The molecule has 2 amide bonds. The van der Waals surface area contributed by atoms with Gasteiger partial charge in [-0.25, -0.2) is 9.59 Å². The summed E-state index contributed by atoms with van der Waals surface area (Å²) in [6.45, 7) is 0.589. The number of aromatic carboxylic acids is 1. The molecule has 5 nitrogen and oxygen atoms in total. The van der Waals surface area contributed by atoms with Crippen molar-refractivity contribution in [2.45, 2.75) is 12.8 Å². The molecule has 0 heterocycles. The SMILES string of the molecule is CSCCCCNC(=O)Nc1ccc(Cl)c(C(=O)O)c1. The largest absolute Gasteiger partial charge is 0.478 e. The third kappa shape index (κ3) is 5.71. The monoisotopic (exact) mass is 316 g/mol. The van der Waals surface area contributed by atoms with Gasteiger partial charge in [-0.2, -0.15) is 11.8 Å². The average molecular weight is 317 g/mol. The van der Waals surface area contributed by atoms with E-state index in [-0.39, 0.29) is 16.6 Å². The maximum Gasteiger partial charge on any atom is 0.337 e. The molecule has 3 N–H and O–H groups in total. The van der Waals surface area contributed by atoms with Crippen LogP contribution in [0.15, 0.2) is 18.2 Å². The normalized spacial score (nSPS) is 10.1. The van der Waals surface area contributed by atoms with Crippen molar-refractivity contribution in [1.82, 2.24) is 5.32 Å². The minimum Gasteiger partial charge on any atom is -0.478 e. The van der Waals surface area contributed by atoms with Gasteiger partial charge in [-0.15, -0.1) is 0 Å². The molecule has 0 saturated heterocycles. The molecule has 0 spiro atoms. The molecule has 20 heavy (non-hydrogen) atoms. The van der Waals surface area contributed by atoms with E-state index in [1.54, 1.807) is 17.8 Å². The molecule has 0 fully saturated rings. The second-order valence-corrected chi connectivity index (χ2v) is 5.47. The second-order valence-electron chi connectivity index (χ2n) is 4.08. The Morgan fingerprint density at radius 3 is 2.75 bits per heavy atom. The van der Waals surface area contributed by atoms with Crippen LogP contribution in [0.5, 0.6) is 0 Å². The zero-order chi connectivity index (χ0) is 15.0. The minimum atomic E-state index is -1.13. The van der Waals surface area contributed by atoms with Gasteiger partial charge in [-0.3, -0.25) is 0 Å². The predicted molar refractivity (Wildman–Crippen MR) is 83.0 cm³/mol. The maximum atomic E-state index is 11.6. The van der Waals surface area contributed by atoms with Crippen LogP contribution in [0.3, 0.4) is 0 Å². The number of carboxylic acids is 1. The summed E-state index contributed by atoms with van der Waals surface area (Å²) < 4.78 is 0. The number of rotatable bonds is 7. The molecule has 0 radical (unpaired) electrons. The number of carbonyl (C=O) groups is 2. The number of urea groups is 1. The van der Waals surface area contributed by atoms with E-state index < -0.39 is 5.97 Å². The highest BCUT2D eigenvalue weighted by Gasteiger charge is 2.10. The molecule has 1 aromatic carbocycles. The van der Waals surface area contributed by atoms with Gasteiger partial charge in [-0.1, -0.05) is 11.6 Å². The Labute approximate surface area is 127 Å². The fourth-order valence-electron chi connectivity index (χ4n) is 1.52. The first kappa shape index (κ1) is 16.7. The van der Waals surface area contributed by atoms with Crippen LogP contribution in [0, 0.1) is 0 Å². The van der Waals surface area contributed by atoms with Crippen molar-refractivity contribution < 1.29 is 14.7 Å². The number of thioether (sulfide) groups is 1. The van der Waals surface area contributed by atoms with Crippen molar-refractivity contribution in [3.8, 4) is 0 Å². The number of amides is 2. The van der Waals surface area contributed by atoms with Crippen molar-refractivity contribution in [3.05, 3.63) is 28.8 Å². The fraction of sp³-hybridized carbons (Fsp3) is 0.385. The third-order valence-corrected chi connectivity index (χ3v) is 3.54. The zero-order valence-corrected chi connectivity index (χ0v) is 12.7. The number of carboxylic acid groups (broad SMARTS) is 1. The van der Waals surface area contributed by atoms with Crippen LogP contribution in [-0.2, 0) is 0 Å². The zero-order valence-electron chi connectivity index (χ0n) is 11.1. The number of halogens is 1. The van der Waals surface area contributed by atoms with Gasteiger partial charge in [0.1, 0.15) is 0 Å². The smallest absolute Gasteiger partial charge is 0.337 e. The standard InChI is InChI=1S/C13H17ClN2O3S/c1-20-7-3-2-6-15-13(19)16-9-4-5-11(14)10(8-9)12(17)18/h4-5,8H,2-3,6-7H2,1H3,(H,17,18)(H2,15,16,19). The summed E-state index contributed by atoms with van der Waals surface area (Å²) in [4.78, 5) is 22.5. The van der Waals surface area contributed by atoms with Gasteiger partial charge in [0.15, 0.2) is 0 Å². The van der Waals surface area contributed by atoms with Gasteiger partial charge >= 0.3 is 12.0 Å².